The molecule has 2 aromatic rings. The van der Waals surface area contributed by atoms with Crippen LogP contribution in [0.3, 0.4) is 0 Å². The van der Waals surface area contributed by atoms with Crippen LogP contribution in [0.2, 0.25) is 0 Å². The summed E-state index contributed by atoms with van der Waals surface area (Å²) in [6, 6.07) is 0. The van der Waals surface area contributed by atoms with Gasteiger partial charge in [0.2, 0.25) is 5.95 Å². The average Bonchev–Trinajstić information content (AvgIpc) is 2.82. The number of aryl methyl sites for hydroxylation is 2. The molecule has 4 rings (SSSR count). The molecule has 0 radical (unpaired) electrons. The lowest BCUT2D eigenvalue weighted by Gasteiger charge is -2.48. The molecule has 3 heterocycles. The molecule has 0 spiro atoms. The van der Waals surface area contributed by atoms with Gasteiger partial charge >= 0.3 is 0 Å². The van der Waals surface area contributed by atoms with Gasteiger partial charge in [-0.2, -0.15) is 4.98 Å². The summed E-state index contributed by atoms with van der Waals surface area (Å²) in [4.78, 5) is 11.1. The van der Waals surface area contributed by atoms with Gasteiger partial charge in [-0.3, -0.25) is 0 Å². The van der Waals surface area contributed by atoms with Crippen LogP contribution in [-0.4, -0.2) is 35.6 Å². The number of nitrogen functional groups attached to an aromatic ring is 1. The van der Waals surface area contributed by atoms with E-state index >= 15 is 0 Å². The van der Waals surface area contributed by atoms with Gasteiger partial charge < -0.3 is 20.4 Å². The van der Waals surface area contributed by atoms with E-state index in [1.807, 2.05) is 7.05 Å². The van der Waals surface area contributed by atoms with Gasteiger partial charge in [-0.1, -0.05) is 0 Å². The fraction of sp³-hybridized carbons (Fsp3) is 0.600. The highest BCUT2D eigenvalue weighted by molar-refractivity contribution is 5.89. The Bertz CT molecular complexity index is 702. The number of nitrogens with zero attached hydrogens (tertiary/aromatic N) is 3. The van der Waals surface area contributed by atoms with Crippen LogP contribution in [0.1, 0.15) is 31.1 Å². The molecule has 0 saturated carbocycles. The van der Waals surface area contributed by atoms with Crippen molar-refractivity contribution in [2.45, 2.75) is 38.1 Å². The number of anilines is 2. The zero-order chi connectivity index (χ0) is 14.6. The van der Waals surface area contributed by atoms with E-state index in [0.29, 0.717) is 5.95 Å². The average molecular weight is 287 g/mol. The van der Waals surface area contributed by atoms with Gasteiger partial charge in [-0.05, 0) is 33.2 Å². The summed E-state index contributed by atoms with van der Waals surface area (Å²) in [5.41, 5.74) is 9.04. The molecule has 2 aliphatic rings. The summed E-state index contributed by atoms with van der Waals surface area (Å²) in [6.45, 7) is 4.01. The molecule has 3 N–H and O–H groups in total. The van der Waals surface area contributed by atoms with Crippen LogP contribution in [-0.2, 0) is 12.8 Å². The SMILES string of the molecule is CNC1(C)CN(c2nc(N)nc3c4c(oc23)CCCC4)C1. The molecule has 1 fully saturated rings. The van der Waals surface area contributed by atoms with E-state index < -0.39 is 0 Å². The Hall–Kier alpha value is -1.82. The van der Waals surface area contributed by atoms with Crippen LogP contribution < -0.4 is 16.0 Å². The van der Waals surface area contributed by atoms with E-state index in [1.54, 1.807) is 0 Å². The Morgan fingerprint density at radius 3 is 2.76 bits per heavy atom. The van der Waals surface area contributed by atoms with Crippen molar-refractivity contribution in [2.75, 3.05) is 30.8 Å². The zero-order valence-electron chi connectivity index (χ0n) is 12.6. The predicted octanol–water partition coefficient (Wildman–Crippen LogP) is 1.48. The maximum atomic E-state index is 6.09. The predicted molar refractivity (Wildman–Crippen MR) is 82.5 cm³/mol. The van der Waals surface area contributed by atoms with E-state index in [2.05, 4.69) is 27.1 Å². The highest BCUT2D eigenvalue weighted by atomic mass is 16.3. The highest BCUT2D eigenvalue weighted by Gasteiger charge is 2.39. The smallest absolute Gasteiger partial charge is 0.222 e. The minimum Gasteiger partial charge on any atom is -0.455 e. The van der Waals surface area contributed by atoms with Gasteiger partial charge in [0.25, 0.3) is 0 Å². The molecular formula is C15H21N5O. The standard InChI is InChI=1S/C15H21N5O/c1-15(17-2)7-20(8-15)13-12-11(18-14(16)19-13)9-5-3-4-6-10(9)21-12/h17H,3-8H2,1-2H3,(H2,16,18,19). The number of aromatic nitrogens is 2. The monoisotopic (exact) mass is 287 g/mol. The van der Waals surface area contributed by atoms with Gasteiger partial charge in [0.05, 0.1) is 5.54 Å². The molecule has 1 aliphatic carbocycles. The first-order valence-corrected chi connectivity index (χ1v) is 7.61. The number of likely N-dealkylation sites (N-methyl/N-ethyl adjacent to an activating group) is 1. The summed E-state index contributed by atoms with van der Waals surface area (Å²) in [5.74, 6) is 2.26. The van der Waals surface area contributed by atoms with Gasteiger partial charge in [0, 0.05) is 25.1 Å². The molecule has 0 amide bonds. The van der Waals surface area contributed by atoms with Crippen molar-refractivity contribution in [1.29, 1.82) is 0 Å². The molecule has 0 unspecified atom stereocenters. The topological polar surface area (TPSA) is 80.2 Å². The quantitative estimate of drug-likeness (QED) is 0.871. The number of nitrogens with one attached hydrogen (secondary N) is 1. The number of hydrogen-bond donors (Lipinski definition) is 2. The van der Waals surface area contributed by atoms with Gasteiger partial charge in [-0.25, -0.2) is 4.98 Å². The summed E-state index contributed by atoms with van der Waals surface area (Å²) < 4.78 is 6.09. The van der Waals surface area contributed by atoms with Crippen molar-refractivity contribution >= 4 is 22.9 Å². The van der Waals surface area contributed by atoms with Gasteiger partial charge in [0.1, 0.15) is 11.3 Å². The first kappa shape index (κ1) is 12.9. The van der Waals surface area contributed by atoms with E-state index in [-0.39, 0.29) is 5.54 Å². The molecule has 6 heteroatoms. The molecule has 0 atom stereocenters. The van der Waals surface area contributed by atoms with E-state index in [0.717, 1.165) is 48.6 Å². The summed E-state index contributed by atoms with van der Waals surface area (Å²) in [6.07, 6.45) is 4.42. The van der Waals surface area contributed by atoms with Gasteiger partial charge in [-0.15, -0.1) is 0 Å². The van der Waals surface area contributed by atoms with Crippen molar-refractivity contribution in [3.05, 3.63) is 11.3 Å². The number of hydrogen-bond acceptors (Lipinski definition) is 6. The third-order valence-electron chi connectivity index (χ3n) is 4.78. The van der Waals surface area contributed by atoms with E-state index in [4.69, 9.17) is 10.2 Å². The van der Waals surface area contributed by atoms with Crippen molar-refractivity contribution in [3.8, 4) is 0 Å². The first-order valence-electron chi connectivity index (χ1n) is 7.61. The molecule has 6 nitrogen and oxygen atoms in total. The lowest BCUT2D eigenvalue weighted by molar-refractivity contribution is 0.301. The third kappa shape index (κ3) is 1.89. The Morgan fingerprint density at radius 1 is 1.24 bits per heavy atom. The van der Waals surface area contributed by atoms with E-state index in [9.17, 15) is 0 Å². The van der Waals surface area contributed by atoms with Crippen molar-refractivity contribution in [1.82, 2.24) is 15.3 Å². The molecule has 1 aliphatic heterocycles. The van der Waals surface area contributed by atoms with Crippen LogP contribution in [0, 0.1) is 0 Å². The van der Waals surface area contributed by atoms with Crippen LogP contribution in [0.4, 0.5) is 11.8 Å². The molecule has 21 heavy (non-hydrogen) atoms. The minimum atomic E-state index is 0.137. The molecule has 1 saturated heterocycles. The Labute approximate surface area is 123 Å². The second-order valence-corrected chi connectivity index (χ2v) is 6.46. The van der Waals surface area contributed by atoms with Crippen molar-refractivity contribution in [2.24, 2.45) is 0 Å². The number of nitrogens with two attached hydrogens (primary N) is 1. The lowest BCUT2D eigenvalue weighted by Crippen LogP contribution is -2.67. The second kappa shape index (κ2) is 4.34. The molecular weight excluding hydrogens is 266 g/mol. The fourth-order valence-corrected chi connectivity index (χ4v) is 3.44. The highest BCUT2D eigenvalue weighted by Crippen LogP contribution is 2.37. The van der Waals surface area contributed by atoms with Crippen LogP contribution in [0.25, 0.3) is 11.1 Å². The lowest BCUT2D eigenvalue weighted by atomic mass is 9.92. The molecule has 2 aromatic heterocycles. The number of rotatable bonds is 2. The Morgan fingerprint density at radius 2 is 2.00 bits per heavy atom. The zero-order valence-corrected chi connectivity index (χ0v) is 12.6. The Balaban J connectivity index is 1.80. The summed E-state index contributed by atoms with van der Waals surface area (Å²) >= 11 is 0. The molecule has 0 aromatic carbocycles. The van der Waals surface area contributed by atoms with Crippen LogP contribution in [0.5, 0.6) is 0 Å². The normalized spacial score (nSPS) is 20.4. The van der Waals surface area contributed by atoms with Crippen molar-refractivity contribution < 1.29 is 4.42 Å². The molecule has 112 valence electrons. The maximum Gasteiger partial charge on any atom is 0.222 e. The largest absolute Gasteiger partial charge is 0.455 e. The van der Waals surface area contributed by atoms with Crippen LogP contribution in [0.15, 0.2) is 4.42 Å². The third-order valence-corrected chi connectivity index (χ3v) is 4.78. The van der Waals surface area contributed by atoms with Crippen molar-refractivity contribution in [3.63, 3.8) is 0 Å². The summed E-state index contributed by atoms with van der Waals surface area (Å²) in [5, 5.41) is 3.34. The Kier molecular flexibility index (Phi) is 2.66. The number of furan rings is 1. The van der Waals surface area contributed by atoms with Crippen LogP contribution >= 0.6 is 0 Å². The summed E-state index contributed by atoms with van der Waals surface area (Å²) in [7, 11) is 1.99. The molecule has 0 bridgehead atoms. The van der Waals surface area contributed by atoms with E-state index in [1.165, 1.54) is 18.4 Å². The fourth-order valence-electron chi connectivity index (χ4n) is 3.44. The van der Waals surface area contributed by atoms with Gasteiger partial charge in [0.15, 0.2) is 11.4 Å². The first-order chi connectivity index (χ1) is 10.1. The second-order valence-electron chi connectivity index (χ2n) is 6.46. The minimum absolute atomic E-state index is 0.137. The number of fused-ring (bicyclic) bond motifs is 3. The maximum absolute atomic E-state index is 6.09.